The van der Waals surface area contributed by atoms with E-state index >= 15 is 0 Å². The average molecular weight is 359 g/mol. The van der Waals surface area contributed by atoms with Crippen LogP contribution in [0, 0.1) is 0 Å². The summed E-state index contributed by atoms with van der Waals surface area (Å²) in [4.78, 5) is 17.8. The molecule has 0 bridgehead atoms. The summed E-state index contributed by atoms with van der Waals surface area (Å²) in [5.41, 5.74) is 6.59. The van der Waals surface area contributed by atoms with Crippen molar-refractivity contribution in [1.29, 1.82) is 0 Å². The van der Waals surface area contributed by atoms with Gasteiger partial charge in [0.2, 0.25) is 0 Å². The van der Waals surface area contributed by atoms with Crippen molar-refractivity contribution in [3.63, 3.8) is 0 Å². The number of nitrogens with one attached hydrogen (secondary N) is 2. The lowest BCUT2D eigenvalue weighted by Gasteiger charge is -2.32. The zero-order chi connectivity index (χ0) is 18.4. The van der Waals surface area contributed by atoms with Gasteiger partial charge in [-0.2, -0.15) is 0 Å². The van der Waals surface area contributed by atoms with Gasteiger partial charge in [0.15, 0.2) is 5.96 Å². The molecule has 7 nitrogen and oxygen atoms in total. The first kappa shape index (κ1) is 18.4. The second kappa shape index (κ2) is 8.78. The number of hydrogen-bond donors (Lipinski definition) is 3. The summed E-state index contributed by atoms with van der Waals surface area (Å²) < 4.78 is 5.74. The summed E-state index contributed by atoms with van der Waals surface area (Å²) >= 11 is 0. The summed E-state index contributed by atoms with van der Waals surface area (Å²) in [6.07, 6.45) is 2.75. The van der Waals surface area contributed by atoms with E-state index in [1.165, 1.54) is 5.56 Å². The zero-order valence-electron chi connectivity index (χ0n) is 15.4. The van der Waals surface area contributed by atoms with E-state index in [9.17, 15) is 4.79 Å². The van der Waals surface area contributed by atoms with Crippen LogP contribution in [0.15, 0.2) is 29.3 Å². The fourth-order valence-corrected chi connectivity index (χ4v) is 3.56. The van der Waals surface area contributed by atoms with Crippen molar-refractivity contribution in [2.24, 2.45) is 10.7 Å². The topological polar surface area (TPSA) is 92.0 Å². The Bertz CT molecular complexity index is 641. The molecule has 1 saturated heterocycles. The average Bonchev–Trinajstić information content (AvgIpc) is 2.66. The molecule has 26 heavy (non-hydrogen) atoms. The van der Waals surface area contributed by atoms with Gasteiger partial charge in [0.1, 0.15) is 5.75 Å². The monoisotopic (exact) mass is 359 g/mol. The third-order valence-electron chi connectivity index (χ3n) is 5.04. The van der Waals surface area contributed by atoms with Gasteiger partial charge in [-0.05, 0) is 37.8 Å². The smallest absolute Gasteiger partial charge is 0.314 e. The molecular weight excluding hydrogens is 330 g/mol. The van der Waals surface area contributed by atoms with Crippen LogP contribution in [0.1, 0.15) is 37.7 Å². The number of hydrogen-bond acceptors (Lipinski definition) is 3. The number of rotatable bonds is 4. The van der Waals surface area contributed by atoms with Gasteiger partial charge in [-0.1, -0.05) is 18.2 Å². The number of carbonyl (C=O) groups is 1. The molecule has 0 radical (unpaired) electrons. The molecule has 4 N–H and O–H groups in total. The first-order valence-electron chi connectivity index (χ1n) is 9.48. The second-order valence-electron chi connectivity index (χ2n) is 6.84. The minimum Gasteiger partial charge on any atom is -0.493 e. The van der Waals surface area contributed by atoms with Crippen molar-refractivity contribution < 1.29 is 9.53 Å². The number of ether oxygens (including phenoxy) is 1. The predicted octanol–water partition coefficient (Wildman–Crippen LogP) is 1.65. The molecule has 1 atom stereocenters. The van der Waals surface area contributed by atoms with Crippen LogP contribution in [0.2, 0.25) is 0 Å². The normalized spacial score (nSPS) is 20.9. The Labute approximate surface area is 155 Å². The summed E-state index contributed by atoms with van der Waals surface area (Å²) in [7, 11) is 0. The molecule has 2 amide bonds. The van der Waals surface area contributed by atoms with Crippen LogP contribution in [0.25, 0.3) is 0 Å². The van der Waals surface area contributed by atoms with E-state index < -0.39 is 0 Å². The number of nitrogens with zero attached hydrogens (tertiary/aromatic N) is 2. The van der Waals surface area contributed by atoms with Crippen LogP contribution in [-0.4, -0.2) is 55.7 Å². The molecule has 0 saturated carbocycles. The van der Waals surface area contributed by atoms with E-state index in [0.29, 0.717) is 25.0 Å². The highest BCUT2D eigenvalue weighted by atomic mass is 16.5. The lowest BCUT2D eigenvalue weighted by atomic mass is 9.93. The highest BCUT2D eigenvalue weighted by molar-refractivity contribution is 5.80. The number of fused-ring (bicyclic) bond motifs is 1. The molecule has 1 aromatic rings. The lowest BCUT2D eigenvalue weighted by Crippen LogP contribution is -2.50. The number of benzene rings is 1. The largest absolute Gasteiger partial charge is 0.493 e. The van der Waals surface area contributed by atoms with Crippen molar-refractivity contribution >= 4 is 12.0 Å². The predicted molar refractivity (Wildman–Crippen MR) is 103 cm³/mol. The molecule has 0 spiro atoms. The van der Waals surface area contributed by atoms with Gasteiger partial charge < -0.3 is 26.0 Å². The van der Waals surface area contributed by atoms with Gasteiger partial charge in [-0.15, -0.1) is 0 Å². The van der Waals surface area contributed by atoms with Crippen LogP contribution in [0.5, 0.6) is 5.75 Å². The number of likely N-dealkylation sites (tertiary alicyclic amines) is 1. The fourth-order valence-electron chi connectivity index (χ4n) is 3.56. The van der Waals surface area contributed by atoms with Gasteiger partial charge in [0, 0.05) is 38.1 Å². The van der Waals surface area contributed by atoms with E-state index in [1.807, 2.05) is 12.1 Å². The minimum atomic E-state index is -0.331. The maximum absolute atomic E-state index is 11.2. The quantitative estimate of drug-likeness (QED) is 0.563. The molecule has 1 aromatic carbocycles. The van der Waals surface area contributed by atoms with Crippen LogP contribution >= 0.6 is 0 Å². The molecule has 2 heterocycles. The summed E-state index contributed by atoms with van der Waals surface area (Å²) in [6.45, 7) is 5.75. The fraction of sp³-hybridized carbons (Fsp3) is 0.579. The molecular formula is C19H29N5O2. The molecule has 0 aromatic heterocycles. The Morgan fingerprint density at radius 1 is 1.31 bits per heavy atom. The Kier molecular flexibility index (Phi) is 6.20. The van der Waals surface area contributed by atoms with Crippen molar-refractivity contribution in [2.45, 2.75) is 38.1 Å². The van der Waals surface area contributed by atoms with Crippen molar-refractivity contribution in [2.75, 3.05) is 32.8 Å². The van der Waals surface area contributed by atoms with Crippen LogP contribution in [-0.2, 0) is 0 Å². The Balaban J connectivity index is 1.59. The van der Waals surface area contributed by atoms with Gasteiger partial charge in [-0.3, -0.25) is 4.99 Å². The maximum Gasteiger partial charge on any atom is 0.314 e. The highest BCUT2D eigenvalue weighted by Crippen LogP contribution is 2.33. The molecule has 142 valence electrons. The van der Waals surface area contributed by atoms with Crippen LogP contribution < -0.4 is 21.1 Å². The molecule has 3 rings (SSSR count). The third-order valence-corrected chi connectivity index (χ3v) is 5.04. The number of guanidine groups is 1. The third kappa shape index (κ3) is 4.59. The Morgan fingerprint density at radius 3 is 2.81 bits per heavy atom. The number of nitrogens with two attached hydrogens (primary N) is 1. The van der Waals surface area contributed by atoms with Gasteiger partial charge in [0.05, 0.1) is 6.61 Å². The summed E-state index contributed by atoms with van der Waals surface area (Å²) in [6, 6.07) is 8.21. The number of para-hydroxylation sites is 1. The summed E-state index contributed by atoms with van der Waals surface area (Å²) in [5, 5.41) is 6.84. The zero-order valence-corrected chi connectivity index (χ0v) is 15.4. The van der Waals surface area contributed by atoms with E-state index in [1.54, 1.807) is 4.90 Å². The minimum absolute atomic E-state index is 0.311. The van der Waals surface area contributed by atoms with E-state index in [0.717, 1.165) is 50.7 Å². The number of primary amides is 1. The van der Waals surface area contributed by atoms with Crippen LogP contribution in [0.4, 0.5) is 4.79 Å². The van der Waals surface area contributed by atoms with Crippen LogP contribution in [0.3, 0.4) is 0 Å². The first-order valence-corrected chi connectivity index (χ1v) is 9.48. The molecule has 7 heteroatoms. The van der Waals surface area contributed by atoms with Gasteiger partial charge in [0.25, 0.3) is 0 Å². The molecule has 1 unspecified atom stereocenters. The number of amides is 2. The lowest BCUT2D eigenvalue weighted by molar-refractivity contribution is 0.188. The highest BCUT2D eigenvalue weighted by Gasteiger charge is 2.23. The SMILES string of the molecule is CCNC(=NCC1CCOc2ccccc21)NC1CCN(C(N)=O)CC1. The summed E-state index contributed by atoms with van der Waals surface area (Å²) in [5.74, 6) is 2.21. The van der Waals surface area contributed by atoms with Gasteiger partial charge in [-0.25, -0.2) is 4.79 Å². The molecule has 2 aliphatic rings. The standard InChI is InChI=1S/C19H29N5O2/c1-2-21-19(23-15-7-10-24(11-8-15)18(20)25)22-13-14-9-12-26-17-6-4-3-5-16(14)17/h3-6,14-15H,2,7-13H2,1H3,(H2,20,25)(H2,21,22,23). The van der Waals surface area contributed by atoms with E-state index in [-0.39, 0.29) is 6.03 Å². The van der Waals surface area contributed by atoms with Crippen molar-refractivity contribution in [3.05, 3.63) is 29.8 Å². The number of piperidine rings is 1. The van der Waals surface area contributed by atoms with Gasteiger partial charge >= 0.3 is 6.03 Å². The Morgan fingerprint density at radius 2 is 2.08 bits per heavy atom. The maximum atomic E-state index is 11.2. The molecule has 2 aliphatic heterocycles. The molecule has 0 aliphatic carbocycles. The van der Waals surface area contributed by atoms with Crippen molar-refractivity contribution in [1.82, 2.24) is 15.5 Å². The second-order valence-corrected chi connectivity index (χ2v) is 6.84. The molecule has 1 fully saturated rings. The van der Waals surface area contributed by atoms with E-state index in [4.69, 9.17) is 15.5 Å². The number of carbonyl (C=O) groups excluding carboxylic acids is 1. The van der Waals surface area contributed by atoms with Crippen molar-refractivity contribution in [3.8, 4) is 5.75 Å². The Hall–Kier alpha value is -2.44. The number of urea groups is 1. The first-order chi connectivity index (χ1) is 12.7. The van der Waals surface area contributed by atoms with E-state index in [2.05, 4.69) is 29.7 Å². The number of aliphatic imine (C=N–C) groups is 1.